The van der Waals surface area contributed by atoms with Crippen molar-refractivity contribution in [3.05, 3.63) is 130 Å². The minimum absolute atomic E-state index is 0.0386. The Balaban J connectivity index is 1.80. The molecule has 0 radical (unpaired) electrons. The fourth-order valence-electron chi connectivity index (χ4n) is 4.68. The second-order valence-electron chi connectivity index (χ2n) is 10.5. The fraction of sp³-hybridized carbons (Fsp3) is 0.235. The van der Waals surface area contributed by atoms with Crippen LogP contribution in [0.25, 0.3) is 0 Å². The average molecular weight is 697 g/mol. The van der Waals surface area contributed by atoms with E-state index in [0.29, 0.717) is 11.4 Å². The van der Waals surface area contributed by atoms with Crippen molar-refractivity contribution in [2.75, 3.05) is 10.8 Å². The highest BCUT2D eigenvalue weighted by atomic mass is 79.9. The first-order valence-corrected chi connectivity index (χ1v) is 16.9. The largest absolute Gasteiger partial charge is 0.352 e. The Morgan fingerprint density at radius 2 is 1.48 bits per heavy atom. The Kier molecular flexibility index (Phi) is 11.6. The third-order valence-electron chi connectivity index (χ3n) is 7.24. The molecular weight excluding hydrogens is 662 g/mol. The van der Waals surface area contributed by atoms with Crippen LogP contribution in [0.15, 0.2) is 119 Å². The Morgan fingerprint density at radius 1 is 0.864 bits per heavy atom. The lowest BCUT2D eigenvalue weighted by Crippen LogP contribution is -2.54. The van der Waals surface area contributed by atoms with Crippen LogP contribution >= 0.6 is 27.5 Å². The molecule has 0 fully saturated rings. The van der Waals surface area contributed by atoms with Crippen LogP contribution in [0, 0.1) is 0 Å². The highest BCUT2D eigenvalue weighted by molar-refractivity contribution is 9.10. The quantitative estimate of drug-likeness (QED) is 0.166. The summed E-state index contributed by atoms with van der Waals surface area (Å²) in [6.45, 7) is 3.44. The number of rotatable bonds is 13. The van der Waals surface area contributed by atoms with Crippen LogP contribution in [0.1, 0.15) is 31.4 Å². The maximum absolute atomic E-state index is 14.5. The summed E-state index contributed by atoms with van der Waals surface area (Å²) < 4.78 is 29.9. The van der Waals surface area contributed by atoms with Crippen molar-refractivity contribution >= 4 is 55.1 Å². The van der Waals surface area contributed by atoms with Gasteiger partial charge in [-0.3, -0.25) is 13.9 Å². The molecule has 4 rings (SSSR count). The zero-order valence-corrected chi connectivity index (χ0v) is 27.7. The van der Waals surface area contributed by atoms with Crippen molar-refractivity contribution in [1.29, 1.82) is 0 Å². The van der Waals surface area contributed by atoms with Crippen molar-refractivity contribution in [1.82, 2.24) is 10.2 Å². The second kappa shape index (κ2) is 15.4. The number of hydrogen-bond donors (Lipinski definition) is 1. The summed E-state index contributed by atoms with van der Waals surface area (Å²) in [6, 6.07) is 30.1. The van der Waals surface area contributed by atoms with Gasteiger partial charge in [0.25, 0.3) is 10.0 Å². The first kappa shape index (κ1) is 33.2. The normalized spacial score (nSPS) is 12.6. The molecule has 1 N–H and O–H groups in total. The number of carbonyl (C=O) groups excluding carboxylic acids is 2. The van der Waals surface area contributed by atoms with E-state index in [1.165, 1.54) is 17.0 Å². The average Bonchev–Trinajstić information content (AvgIpc) is 3.02. The van der Waals surface area contributed by atoms with Gasteiger partial charge < -0.3 is 10.2 Å². The van der Waals surface area contributed by atoms with Gasteiger partial charge >= 0.3 is 0 Å². The highest BCUT2D eigenvalue weighted by Gasteiger charge is 2.35. The Morgan fingerprint density at radius 3 is 2.09 bits per heavy atom. The molecular formula is C34H35BrClN3O4S. The van der Waals surface area contributed by atoms with Crippen LogP contribution in [-0.4, -0.2) is 43.8 Å². The summed E-state index contributed by atoms with van der Waals surface area (Å²) in [5, 5.41) is 3.47. The number of hydrogen-bond acceptors (Lipinski definition) is 4. The Bertz CT molecular complexity index is 1660. The molecule has 4 aromatic rings. The number of nitrogens with zero attached hydrogens (tertiary/aromatic N) is 2. The molecule has 7 nitrogen and oxygen atoms in total. The van der Waals surface area contributed by atoms with Gasteiger partial charge in [0.15, 0.2) is 0 Å². The summed E-state index contributed by atoms with van der Waals surface area (Å²) in [7, 11) is -4.17. The Hall–Kier alpha value is -3.66. The minimum Gasteiger partial charge on any atom is -0.352 e. The molecule has 0 aliphatic heterocycles. The van der Waals surface area contributed by atoms with Crippen LogP contribution in [0.4, 0.5) is 5.69 Å². The van der Waals surface area contributed by atoms with Gasteiger partial charge in [0.1, 0.15) is 12.6 Å². The van der Waals surface area contributed by atoms with E-state index < -0.39 is 28.5 Å². The SMILES string of the molecule is CC[C@@H](C)NC(=O)[C@H](Cc1ccccc1)N(Cc1cccc(Br)c1)C(=O)CN(c1ccc(Cl)cc1)S(=O)(=O)c1ccccc1. The first-order valence-electron chi connectivity index (χ1n) is 14.3. The number of sulfonamides is 1. The summed E-state index contributed by atoms with van der Waals surface area (Å²) in [5.74, 6) is -0.838. The van der Waals surface area contributed by atoms with E-state index in [-0.39, 0.29) is 35.5 Å². The van der Waals surface area contributed by atoms with Gasteiger partial charge in [-0.25, -0.2) is 8.42 Å². The molecule has 2 atom stereocenters. The van der Waals surface area contributed by atoms with Gasteiger partial charge in [-0.1, -0.05) is 95.1 Å². The van der Waals surface area contributed by atoms with E-state index in [2.05, 4.69) is 21.2 Å². The van der Waals surface area contributed by atoms with Gasteiger partial charge in [-0.15, -0.1) is 0 Å². The number of carbonyl (C=O) groups is 2. The molecule has 230 valence electrons. The van der Waals surface area contributed by atoms with Crippen LogP contribution < -0.4 is 9.62 Å². The molecule has 0 saturated heterocycles. The van der Waals surface area contributed by atoms with Crippen LogP contribution in [0.3, 0.4) is 0 Å². The van der Waals surface area contributed by atoms with Crippen molar-refractivity contribution in [3.8, 4) is 0 Å². The maximum Gasteiger partial charge on any atom is 0.264 e. The molecule has 0 aliphatic carbocycles. The van der Waals surface area contributed by atoms with Crippen molar-refractivity contribution in [2.45, 2.75) is 50.2 Å². The summed E-state index contributed by atoms with van der Waals surface area (Å²) in [6.07, 6.45) is 0.957. The number of benzene rings is 4. The maximum atomic E-state index is 14.5. The predicted octanol–water partition coefficient (Wildman–Crippen LogP) is 6.85. The zero-order valence-electron chi connectivity index (χ0n) is 24.6. The molecule has 0 aliphatic rings. The lowest BCUT2D eigenvalue weighted by atomic mass is 10.0. The summed E-state index contributed by atoms with van der Waals surface area (Å²) in [5.41, 5.74) is 1.93. The highest BCUT2D eigenvalue weighted by Crippen LogP contribution is 2.26. The topological polar surface area (TPSA) is 86.8 Å². The van der Waals surface area contributed by atoms with E-state index in [1.807, 2.05) is 68.4 Å². The number of nitrogens with one attached hydrogen (secondary N) is 1. The standard InChI is InChI=1S/C34H35BrClN3O4S/c1-3-25(2)37-34(41)32(22-26-11-6-4-7-12-26)38(23-27-13-10-14-28(35)21-27)33(40)24-39(30-19-17-29(36)18-20-30)44(42,43)31-15-8-5-9-16-31/h4-21,25,32H,3,22-24H2,1-2H3,(H,37,41)/t25-,32+/m1/s1. The summed E-state index contributed by atoms with van der Waals surface area (Å²) in [4.78, 5) is 29.8. The van der Waals surface area contributed by atoms with E-state index in [9.17, 15) is 18.0 Å². The molecule has 0 heterocycles. The van der Waals surface area contributed by atoms with Crippen molar-refractivity contribution in [3.63, 3.8) is 0 Å². The first-order chi connectivity index (χ1) is 21.1. The van der Waals surface area contributed by atoms with Crippen molar-refractivity contribution in [2.24, 2.45) is 0 Å². The Labute approximate surface area is 273 Å². The second-order valence-corrected chi connectivity index (χ2v) is 13.7. The molecule has 0 aromatic heterocycles. The number of halogens is 2. The molecule has 44 heavy (non-hydrogen) atoms. The van der Waals surface area contributed by atoms with E-state index in [4.69, 9.17) is 11.6 Å². The monoisotopic (exact) mass is 695 g/mol. The fourth-order valence-corrected chi connectivity index (χ4v) is 6.69. The number of anilines is 1. The van der Waals surface area contributed by atoms with E-state index in [0.717, 1.165) is 19.9 Å². The smallest absolute Gasteiger partial charge is 0.264 e. The van der Waals surface area contributed by atoms with Crippen LogP contribution in [-0.2, 0) is 32.6 Å². The van der Waals surface area contributed by atoms with Crippen molar-refractivity contribution < 1.29 is 18.0 Å². The number of amides is 2. The molecule has 0 bridgehead atoms. The zero-order chi connectivity index (χ0) is 31.7. The van der Waals surface area contributed by atoms with Gasteiger partial charge in [0, 0.05) is 28.5 Å². The third kappa shape index (κ3) is 8.71. The van der Waals surface area contributed by atoms with E-state index >= 15 is 0 Å². The lowest BCUT2D eigenvalue weighted by molar-refractivity contribution is -0.140. The summed E-state index contributed by atoms with van der Waals surface area (Å²) >= 11 is 9.62. The molecule has 4 aromatic carbocycles. The predicted molar refractivity (Wildman–Crippen MR) is 179 cm³/mol. The van der Waals surface area contributed by atoms with Gasteiger partial charge in [0.05, 0.1) is 10.6 Å². The van der Waals surface area contributed by atoms with Crippen LogP contribution in [0.5, 0.6) is 0 Å². The minimum atomic E-state index is -4.17. The lowest BCUT2D eigenvalue weighted by Gasteiger charge is -2.34. The van der Waals surface area contributed by atoms with Gasteiger partial charge in [-0.05, 0) is 73.0 Å². The molecule has 2 amide bonds. The molecule has 0 spiro atoms. The molecule has 10 heteroatoms. The van der Waals surface area contributed by atoms with E-state index in [1.54, 1.807) is 42.5 Å². The third-order valence-corrected chi connectivity index (χ3v) is 9.77. The van der Waals surface area contributed by atoms with Gasteiger partial charge in [-0.2, -0.15) is 0 Å². The molecule has 0 saturated carbocycles. The van der Waals surface area contributed by atoms with Gasteiger partial charge in [0.2, 0.25) is 11.8 Å². The molecule has 0 unspecified atom stereocenters. The van der Waals surface area contributed by atoms with Crippen LogP contribution in [0.2, 0.25) is 5.02 Å².